The summed E-state index contributed by atoms with van der Waals surface area (Å²) in [4.78, 5) is 2.45. The monoisotopic (exact) mass is 155 g/mol. The second-order valence-corrected chi connectivity index (χ2v) is 3.88. The maximum atomic E-state index is 5.76. The first-order valence-electron chi connectivity index (χ1n) is 4.47. The van der Waals surface area contributed by atoms with Crippen molar-refractivity contribution in [3.05, 3.63) is 0 Å². The molecule has 0 aromatic carbocycles. The molecule has 0 aromatic heterocycles. The molecule has 0 bridgehead atoms. The Morgan fingerprint density at radius 2 is 2.00 bits per heavy atom. The largest absolute Gasteiger partial charge is 0.302 e. The topological polar surface area (TPSA) is 32.5 Å². The number of likely N-dealkylation sites (N-methyl/N-ethyl adjacent to an activating group) is 1. The molecule has 0 aliphatic carbocycles. The highest BCUT2D eigenvalue weighted by Crippen LogP contribution is 2.28. The minimum absolute atomic E-state index is 0.744. The van der Waals surface area contributed by atoms with Crippen LogP contribution in [-0.4, -0.2) is 42.6 Å². The number of hydrogen-bond acceptors (Lipinski definition) is 3. The van der Waals surface area contributed by atoms with Crippen LogP contribution in [0.3, 0.4) is 0 Å². The van der Waals surface area contributed by atoms with Gasteiger partial charge in [-0.05, 0) is 32.4 Å². The van der Waals surface area contributed by atoms with Gasteiger partial charge in [0.2, 0.25) is 0 Å². The maximum Gasteiger partial charge on any atom is 0.0287 e. The molecule has 2 N–H and O–H groups in total. The fourth-order valence-electron chi connectivity index (χ4n) is 2.38. The molecule has 2 saturated heterocycles. The van der Waals surface area contributed by atoms with Crippen LogP contribution in [0.25, 0.3) is 0 Å². The average Bonchev–Trinajstić information content (AvgIpc) is 2.33. The second-order valence-electron chi connectivity index (χ2n) is 3.88. The number of likely N-dealkylation sites (tertiary alicyclic amines) is 1. The third kappa shape index (κ3) is 1.28. The van der Waals surface area contributed by atoms with Crippen LogP contribution in [0.15, 0.2) is 0 Å². The third-order valence-corrected chi connectivity index (χ3v) is 3.17. The van der Waals surface area contributed by atoms with E-state index in [4.69, 9.17) is 5.84 Å². The standard InChI is InChI=1S/C8H17N3/c1-10-4-2-7-3-5-11(9)6-8(7)10/h7-8H,2-6,9H2,1H3. The van der Waals surface area contributed by atoms with Crippen molar-refractivity contribution in [2.45, 2.75) is 18.9 Å². The highest BCUT2D eigenvalue weighted by Gasteiger charge is 2.35. The van der Waals surface area contributed by atoms with Gasteiger partial charge in [-0.3, -0.25) is 5.84 Å². The molecule has 3 heteroatoms. The minimum Gasteiger partial charge on any atom is -0.302 e. The van der Waals surface area contributed by atoms with Crippen molar-refractivity contribution < 1.29 is 0 Å². The van der Waals surface area contributed by atoms with E-state index in [2.05, 4.69) is 11.9 Å². The number of fused-ring (bicyclic) bond motifs is 1. The Bertz CT molecular complexity index is 148. The van der Waals surface area contributed by atoms with Gasteiger partial charge in [-0.1, -0.05) is 0 Å². The summed E-state index contributed by atoms with van der Waals surface area (Å²) in [5, 5.41) is 1.96. The summed E-state index contributed by atoms with van der Waals surface area (Å²) in [6.45, 7) is 3.43. The van der Waals surface area contributed by atoms with Crippen molar-refractivity contribution >= 4 is 0 Å². The smallest absolute Gasteiger partial charge is 0.0287 e. The Morgan fingerprint density at radius 1 is 1.27 bits per heavy atom. The van der Waals surface area contributed by atoms with Gasteiger partial charge in [0.15, 0.2) is 0 Å². The summed E-state index contributed by atoms with van der Waals surface area (Å²) < 4.78 is 0. The SMILES string of the molecule is CN1CCC2CCN(N)CC21. The summed E-state index contributed by atoms with van der Waals surface area (Å²) in [5.41, 5.74) is 0. The molecule has 0 spiro atoms. The Kier molecular flexibility index (Phi) is 1.87. The number of hydrogen-bond donors (Lipinski definition) is 1. The fourth-order valence-corrected chi connectivity index (χ4v) is 2.38. The molecule has 0 radical (unpaired) electrons. The lowest BCUT2D eigenvalue weighted by molar-refractivity contribution is 0.120. The quantitative estimate of drug-likeness (QED) is 0.495. The van der Waals surface area contributed by atoms with E-state index in [0.717, 1.165) is 25.0 Å². The van der Waals surface area contributed by atoms with Gasteiger partial charge in [-0.25, -0.2) is 5.01 Å². The molecule has 2 atom stereocenters. The fraction of sp³-hybridized carbons (Fsp3) is 1.00. The Labute approximate surface area is 68.1 Å². The zero-order valence-corrected chi connectivity index (χ0v) is 7.16. The first-order chi connectivity index (χ1) is 5.27. The summed E-state index contributed by atoms with van der Waals surface area (Å²) in [5.74, 6) is 6.69. The molecule has 2 fully saturated rings. The number of hydrazine groups is 1. The average molecular weight is 155 g/mol. The van der Waals surface area contributed by atoms with E-state index >= 15 is 0 Å². The van der Waals surface area contributed by atoms with Gasteiger partial charge < -0.3 is 4.90 Å². The van der Waals surface area contributed by atoms with Gasteiger partial charge in [-0.15, -0.1) is 0 Å². The lowest BCUT2D eigenvalue weighted by Gasteiger charge is -2.34. The van der Waals surface area contributed by atoms with Crippen molar-refractivity contribution in [2.24, 2.45) is 11.8 Å². The summed E-state index contributed by atoms with van der Waals surface area (Å²) in [6.07, 6.45) is 2.68. The Balaban J connectivity index is 2.01. The van der Waals surface area contributed by atoms with Crippen molar-refractivity contribution in [3.8, 4) is 0 Å². The van der Waals surface area contributed by atoms with Crippen LogP contribution in [0.1, 0.15) is 12.8 Å². The molecular weight excluding hydrogens is 138 g/mol. The first-order valence-corrected chi connectivity index (χ1v) is 4.47. The molecule has 3 nitrogen and oxygen atoms in total. The summed E-state index contributed by atoms with van der Waals surface area (Å²) in [6, 6.07) is 0.744. The molecule has 2 rings (SSSR count). The van der Waals surface area contributed by atoms with Crippen LogP contribution in [0, 0.1) is 5.92 Å². The van der Waals surface area contributed by atoms with Crippen molar-refractivity contribution in [1.82, 2.24) is 9.91 Å². The van der Waals surface area contributed by atoms with E-state index in [1.165, 1.54) is 19.4 Å². The predicted molar refractivity (Wildman–Crippen MR) is 44.9 cm³/mol. The zero-order valence-electron chi connectivity index (χ0n) is 7.16. The maximum absolute atomic E-state index is 5.76. The third-order valence-electron chi connectivity index (χ3n) is 3.17. The molecule has 0 aromatic rings. The van der Waals surface area contributed by atoms with Crippen LogP contribution in [0.5, 0.6) is 0 Å². The molecule has 2 unspecified atom stereocenters. The highest BCUT2D eigenvalue weighted by atomic mass is 15.4. The Hall–Kier alpha value is -0.120. The molecule has 2 aliphatic heterocycles. The summed E-state index contributed by atoms with van der Waals surface area (Å²) >= 11 is 0. The van der Waals surface area contributed by atoms with Gasteiger partial charge in [-0.2, -0.15) is 0 Å². The van der Waals surface area contributed by atoms with Crippen molar-refractivity contribution in [2.75, 3.05) is 26.7 Å². The molecule has 64 valence electrons. The van der Waals surface area contributed by atoms with E-state index in [1.807, 2.05) is 5.01 Å². The van der Waals surface area contributed by atoms with Gasteiger partial charge in [0.05, 0.1) is 0 Å². The molecule has 0 amide bonds. The number of nitrogens with two attached hydrogens (primary N) is 1. The Morgan fingerprint density at radius 3 is 2.82 bits per heavy atom. The lowest BCUT2D eigenvalue weighted by Crippen LogP contribution is -2.49. The van der Waals surface area contributed by atoms with Gasteiger partial charge in [0.25, 0.3) is 0 Å². The zero-order chi connectivity index (χ0) is 7.84. The second kappa shape index (κ2) is 2.73. The molecule has 0 saturated carbocycles. The minimum atomic E-state index is 0.744. The number of piperidine rings is 1. The van der Waals surface area contributed by atoms with Gasteiger partial charge in [0.1, 0.15) is 0 Å². The van der Waals surface area contributed by atoms with Gasteiger partial charge in [0, 0.05) is 19.1 Å². The van der Waals surface area contributed by atoms with Crippen LogP contribution in [-0.2, 0) is 0 Å². The number of rotatable bonds is 0. The van der Waals surface area contributed by atoms with E-state index in [9.17, 15) is 0 Å². The van der Waals surface area contributed by atoms with Gasteiger partial charge >= 0.3 is 0 Å². The van der Waals surface area contributed by atoms with Crippen LogP contribution < -0.4 is 5.84 Å². The molecular formula is C8H17N3. The predicted octanol–water partition coefficient (Wildman–Crippen LogP) is -0.114. The normalized spacial score (nSPS) is 40.9. The van der Waals surface area contributed by atoms with E-state index in [-0.39, 0.29) is 0 Å². The number of nitrogens with zero attached hydrogens (tertiary/aromatic N) is 2. The van der Waals surface area contributed by atoms with E-state index in [0.29, 0.717) is 0 Å². The van der Waals surface area contributed by atoms with Crippen molar-refractivity contribution in [3.63, 3.8) is 0 Å². The van der Waals surface area contributed by atoms with E-state index in [1.54, 1.807) is 0 Å². The van der Waals surface area contributed by atoms with Crippen LogP contribution >= 0.6 is 0 Å². The van der Waals surface area contributed by atoms with E-state index < -0.39 is 0 Å². The lowest BCUT2D eigenvalue weighted by atomic mass is 9.93. The molecule has 2 heterocycles. The molecule has 11 heavy (non-hydrogen) atoms. The first kappa shape index (κ1) is 7.53. The van der Waals surface area contributed by atoms with Crippen molar-refractivity contribution in [1.29, 1.82) is 0 Å². The molecule has 2 aliphatic rings. The highest BCUT2D eigenvalue weighted by molar-refractivity contribution is 4.90. The van der Waals surface area contributed by atoms with Crippen LogP contribution in [0.2, 0.25) is 0 Å². The summed E-state index contributed by atoms with van der Waals surface area (Å²) in [7, 11) is 2.21. The van der Waals surface area contributed by atoms with Crippen LogP contribution in [0.4, 0.5) is 0 Å².